The summed E-state index contributed by atoms with van der Waals surface area (Å²) < 4.78 is 0. The van der Waals surface area contributed by atoms with E-state index in [1.165, 1.54) is 5.56 Å². The third-order valence-corrected chi connectivity index (χ3v) is 3.10. The Balaban J connectivity index is 2.71. The maximum absolute atomic E-state index is 4.63. The molecule has 1 N–H and O–H groups in total. The van der Waals surface area contributed by atoms with Crippen LogP contribution in [0.3, 0.4) is 0 Å². The fraction of sp³-hybridized carbons (Fsp3) is 0.714. The van der Waals surface area contributed by atoms with Crippen LogP contribution in [0, 0.1) is 13.8 Å². The summed E-state index contributed by atoms with van der Waals surface area (Å²) >= 11 is 0. The van der Waals surface area contributed by atoms with Crippen molar-refractivity contribution < 1.29 is 0 Å². The lowest BCUT2D eigenvalue weighted by atomic mass is 10.1. The Hall–Kier alpha value is -1.00. The van der Waals surface area contributed by atoms with E-state index in [2.05, 4.69) is 48.1 Å². The molecule has 0 spiro atoms. The molecule has 4 nitrogen and oxygen atoms in total. The molecule has 0 aliphatic heterocycles. The molecule has 102 valence electrons. The SMILES string of the molecule is CNCCCc1c(C)nc(CCN(C)C)nc1C. The molecule has 18 heavy (non-hydrogen) atoms. The number of rotatable bonds is 7. The molecule has 0 saturated heterocycles. The lowest BCUT2D eigenvalue weighted by molar-refractivity contribution is 0.409. The zero-order valence-corrected chi connectivity index (χ0v) is 12.4. The second kappa shape index (κ2) is 7.44. The third kappa shape index (κ3) is 4.70. The van der Waals surface area contributed by atoms with E-state index in [4.69, 9.17) is 0 Å². The Morgan fingerprint density at radius 3 is 2.17 bits per heavy atom. The van der Waals surface area contributed by atoms with Gasteiger partial charge in [-0.3, -0.25) is 0 Å². The number of aromatic nitrogens is 2. The average Bonchev–Trinajstić information content (AvgIpc) is 2.30. The molecule has 0 unspecified atom stereocenters. The van der Waals surface area contributed by atoms with E-state index in [0.29, 0.717) is 0 Å². The maximum Gasteiger partial charge on any atom is 0.130 e. The number of aryl methyl sites for hydroxylation is 2. The first-order valence-electron chi connectivity index (χ1n) is 6.67. The second-order valence-electron chi connectivity index (χ2n) is 5.05. The fourth-order valence-electron chi connectivity index (χ4n) is 2.05. The summed E-state index contributed by atoms with van der Waals surface area (Å²) in [5.74, 6) is 0.969. The summed E-state index contributed by atoms with van der Waals surface area (Å²) in [7, 11) is 6.14. The highest BCUT2D eigenvalue weighted by Gasteiger charge is 2.08. The smallest absolute Gasteiger partial charge is 0.130 e. The van der Waals surface area contributed by atoms with Crippen molar-refractivity contribution in [2.45, 2.75) is 33.1 Å². The second-order valence-corrected chi connectivity index (χ2v) is 5.05. The summed E-state index contributed by atoms with van der Waals surface area (Å²) in [4.78, 5) is 11.4. The van der Waals surface area contributed by atoms with Gasteiger partial charge >= 0.3 is 0 Å². The van der Waals surface area contributed by atoms with E-state index in [-0.39, 0.29) is 0 Å². The van der Waals surface area contributed by atoms with Crippen molar-refractivity contribution in [1.82, 2.24) is 20.2 Å². The lowest BCUT2D eigenvalue weighted by Crippen LogP contribution is -2.17. The van der Waals surface area contributed by atoms with E-state index in [1.807, 2.05) is 7.05 Å². The third-order valence-electron chi connectivity index (χ3n) is 3.10. The Kier molecular flexibility index (Phi) is 6.22. The van der Waals surface area contributed by atoms with Gasteiger partial charge in [0.2, 0.25) is 0 Å². The van der Waals surface area contributed by atoms with Gasteiger partial charge in [-0.05, 0) is 59.9 Å². The van der Waals surface area contributed by atoms with Crippen LogP contribution in [-0.4, -0.2) is 49.1 Å². The van der Waals surface area contributed by atoms with Gasteiger partial charge in [-0.1, -0.05) is 0 Å². The zero-order chi connectivity index (χ0) is 13.5. The van der Waals surface area contributed by atoms with Crippen LogP contribution in [0.25, 0.3) is 0 Å². The Morgan fingerprint density at radius 2 is 1.67 bits per heavy atom. The lowest BCUT2D eigenvalue weighted by Gasteiger charge is -2.12. The molecule has 0 aromatic carbocycles. The normalized spacial score (nSPS) is 11.2. The molecular formula is C14H26N4. The molecule has 0 saturated carbocycles. The van der Waals surface area contributed by atoms with Crippen LogP contribution in [0.15, 0.2) is 0 Å². The summed E-state index contributed by atoms with van der Waals surface area (Å²) in [5.41, 5.74) is 3.61. The minimum atomic E-state index is 0.922. The standard InChI is InChI=1S/C14H26N4/c1-11-13(7-6-9-15-3)12(2)17-14(16-11)8-10-18(4)5/h15H,6-10H2,1-5H3. The number of likely N-dealkylation sites (N-methyl/N-ethyl adjacent to an activating group) is 1. The summed E-state index contributed by atoms with van der Waals surface area (Å²) in [6.07, 6.45) is 3.12. The number of hydrogen-bond donors (Lipinski definition) is 1. The first-order valence-corrected chi connectivity index (χ1v) is 6.67. The zero-order valence-electron chi connectivity index (χ0n) is 12.4. The molecule has 0 amide bonds. The minimum absolute atomic E-state index is 0.922. The van der Waals surface area contributed by atoms with Crippen LogP contribution in [0.1, 0.15) is 29.2 Å². The van der Waals surface area contributed by atoms with Crippen molar-refractivity contribution in [2.75, 3.05) is 34.2 Å². The molecule has 0 radical (unpaired) electrons. The van der Waals surface area contributed by atoms with Crippen molar-refractivity contribution >= 4 is 0 Å². The van der Waals surface area contributed by atoms with Crippen molar-refractivity contribution in [3.8, 4) is 0 Å². The predicted octanol–water partition coefficient (Wildman–Crippen LogP) is 1.35. The fourth-order valence-corrected chi connectivity index (χ4v) is 2.05. The van der Waals surface area contributed by atoms with Crippen LogP contribution < -0.4 is 5.32 Å². The Morgan fingerprint density at radius 1 is 1.06 bits per heavy atom. The first kappa shape index (κ1) is 15.1. The van der Waals surface area contributed by atoms with Crippen LogP contribution in [0.2, 0.25) is 0 Å². The summed E-state index contributed by atoms with van der Waals surface area (Å²) in [6.45, 7) is 6.24. The first-order chi connectivity index (χ1) is 8.54. The van der Waals surface area contributed by atoms with Crippen LogP contribution in [-0.2, 0) is 12.8 Å². The van der Waals surface area contributed by atoms with Gasteiger partial charge in [0.1, 0.15) is 5.82 Å². The Bertz CT molecular complexity index is 351. The number of hydrogen-bond acceptors (Lipinski definition) is 4. The highest BCUT2D eigenvalue weighted by Crippen LogP contribution is 2.12. The molecule has 0 bridgehead atoms. The van der Waals surface area contributed by atoms with Crippen molar-refractivity contribution in [3.05, 3.63) is 22.8 Å². The largest absolute Gasteiger partial charge is 0.320 e. The maximum atomic E-state index is 4.63. The van der Waals surface area contributed by atoms with E-state index < -0.39 is 0 Å². The summed E-state index contributed by atoms with van der Waals surface area (Å²) in [6, 6.07) is 0. The van der Waals surface area contributed by atoms with Crippen LogP contribution in [0.4, 0.5) is 0 Å². The van der Waals surface area contributed by atoms with Gasteiger partial charge in [0, 0.05) is 24.4 Å². The number of nitrogens with zero attached hydrogens (tertiary/aromatic N) is 3. The van der Waals surface area contributed by atoms with E-state index in [1.54, 1.807) is 0 Å². The molecule has 0 fully saturated rings. The highest BCUT2D eigenvalue weighted by molar-refractivity contribution is 5.24. The topological polar surface area (TPSA) is 41.1 Å². The average molecular weight is 250 g/mol. The predicted molar refractivity (Wildman–Crippen MR) is 76.0 cm³/mol. The van der Waals surface area contributed by atoms with Gasteiger partial charge in [0.05, 0.1) is 0 Å². The van der Waals surface area contributed by atoms with Crippen LogP contribution >= 0.6 is 0 Å². The summed E-state index contributed by atoms with van der Waals surface area (Å²) in [5, 5.41) is 3.17. The van der Waals surface area contributed by atoms with Crippen molar-refractivity contribution in [2.24, 2.45) is 0 Å². The monoisotopic (exact) mass is 250 g/mol. The van der Waals surface area contributed by atoms with Gasteiger partial charge in [-0.15, -0.1) is 0 Å². The van der Waals surface area contributed by atoms with E-state index in [9.17, 15) is 0 Å². The van der Waals surface area contributed by atoms with Gasteiger partial charge in [0.15, 0.2) is 0 Å². The van der Waals surface area contributed by atoms with Crippen molar-refractivity contribution in [1.29, 1.82) is 0 Å². The molecular weight excluding hydrogens is 224 g/mol. The molecule has 1 heterocycles. The van der Waals surface area contributed by atoms with E-state index in [0.717, 1.165) is 49.6 Å². The van der Waals surface area contributed by atoms with Gasteiger partial charge in [-0.2, -0.15) is 0 Å². The van der Waals surface area contributed by atoms with Crippen molar-refractivity contribution in [3.63, 3.8) is 0 Å². The Labute approximate surface area is 111 Å². The number of nitrogens with one attached hydrogen (secondary N) is 1. The molecule has 0 atom stereocenters. The minimum Gasteiger partial charge on any atom is -0.320 e. The molecule has 0 aliphatic carbocycles. The molecule has 1 rings (SSSR count). The van der Waals surface area contributed by atoms with Crippen LogP contribution in [0.5, 0.6) is 0 Å². The molecule has 1 aromatic heterocycles. The quantitative estimate of drug-likeness (QED) is 0.742. The molecule has 0 aliphatic rings. The van der Waals surface area contributed by atoms with E-state index >= 15 is 0 Å². The van der Waals surface area contributed by atoms with Gasteiger partial charge in [0.25, 0.3) is 0 Å². The molecule has 1 aromatic rings. The highest BCUT2D eigenvalue weighted by atomic mass is 15.1. The van der Waals surface area contributed by atoms with Gasteiger partial charge < -0.3 is 10.2 Å². The molecule has 4 heteroatoms. The van der Waals surface area contributed by atoms with Gasteiger partial charge in [-0.25, -0.2) is 9.97 Å².